The van der Waals surface area contributed by atoms with Gasteiger partial charge in [-0.05, 0) is 20.3 Å². The number of carbonyl (C=O) groups is 2. The van der Waals surface area contributed by atoms with E-state index in [-0.39, 0.29) is 17.7 Å². The molecule has 2 unspecified atom stereocenters. The van der Waals surface area contributed by atoms with Gasteiger partial charge in [-0.3, -0.25) is 9.59 Å². The van der Waals surface area contributed by atoms with Crippen LogP contribution in [0.15, 0.2) is 0 Å². The Balaban J connectivity index is 2.49. The third-order valence-electron chi connectivity index (χ3n) is 3.20. The van der Waals surface area contributed by atoms with Gasteiger partial charge in [0.2, 0.25) is 0 Å². The van der Waals surface area contributed by atoms with E-state index in [0.717, 1.165) is 25.7 Å². The Morgan fingerprint density at radius 2 is 2.20 bits per heavy atom. The molecule has 1 fully saturated rings. The second-order valence-corrected chi connectivity index (χ2v) is 4.60. The molecule has 0 aliphatic carbocycles. The number of rotatable bonds is 5. The number of ether oxygens (including phenoxy) is 1. The molecular weight excluding hydrogens is 192 g/mol. The molecule has 0 N–H and O–H groups in total. The average Bonchev–Trinajstić information content (AvgIpc) is 2.44. The van der Waals surface area contributed by atoms with Crippen LogP contribution >= 0.6 is 0 Å². The highest BCUT2D eigenvalue weighted by molar-refractivity contribution is 5.90. The van der Waals surface area contributed by atoms with Crippen LogP contribution < -0.4 is 0 Å². The smallest absolute Gasteiger partial charge is 0.310 e. The van der Waals surface area contributed by atoms with Gasteiger partial charge in [0.05, 0.1) is 5.92 Å². The van der Waals surface area contributed by atoms with Crippen molar-refractivity contribution in [2.75, 3.05) is 0 Å². The van der Waals surface area contributed by atoms with Crippen LogP contribution in [0.2, 0.25) is 0 Å². The van der Waals surface area contributed by atoms with Gasteiger partial charge < -0.3 is 4.74 Å². The van der Waals surface area contributed by atoms with Crippen molar-refractivity contribution < 1.29 is 14.3 Å². The van der Waals surface area contributed by atoms with E-state index in [9.17, 15) is 9.59 Å². The minimum atomic E-state index is -0.853. The standard InChI is InChI=1S/C12H20O3/c1-4-5-6-7-10-8-12(3,9(2)13)15-11(10)14/h10H,4-8H2,1-3H3. The van der Waals surface area contributed by atoms with Gasteiger partial charge in [-0.15, -0.1) is 0 Å². The summed E-state index contributed by atoms with van der Waals surface area (Å²) in [5.74, 6) is -0.303. The molecule has 1 aliphatic heterocycles. The predicted molar refractivity (Wildman–Crippen MR) is 57.4 cm³/mol. The average molecular weight is 212 g/mol. The molecule has 0 aromatic heterocycles. The van der Waals surface area contributed by atoms with Crippen molar-refractivity contribution in [3.63, 3.8) is 0 Å². The van der Waals surface area contributed by atoms with Crippen molar-refractivity contribution in [2.24, 2.45) is 5.92 Å². The van der Waals surface area contributed by atoms with E-state index < -0.39 is 5.60 Å². The molecule has 0 spiro atoms. The van der Waals surface area contributed by atoms with E-state index in [0.29, 0.717) is 6.42 Å². The first-order valence-electron chi connectivity index (χ1n) is 5.73. The Morgan fingerprint density at radius 3 is 2.67 bits per heavy atom. The Morgan fingerprint density at radius 1 is 1.53 bits per heavy atom. The van der Waals surface area contributed by atoms with Gasteiger partial charge in [0.25, 0.3) is 0 Å². The van der Waals surface area contributed by atoms with Gasteiger partial charge in [0.15, 0.2) is 11.4 Å². The quantitative estimate of drug-likeness (QED) is 0.519. The molecule has 1 aliphatic rings. The molecule has 1 rings (SSSR count). The zero-order valence-electron chi connectivity index (χ0n) is 9.84. The highest BCUT2D eigenvalue weighted by atomic mass is 16.6. The molecule has 0 radical (unpaired) electrons. The number of hydrogen-bond acceptors (Lipinski definition) is 3. The summed E-state index contributed by atoms with van der Waals surface area (Å²) in [6.07, 6.45) is 4.75. The number of esters is 1. The van der Waals surface area contributed by atoms with E-state index in [1.807, 2.05) is 0 Å². The van der Waals surface area contributed by atoms with Crippen LogP contribution in [0.25, 0.3) is 0 Å². The molecule has 0 aromatic carbocycles. The molecule has 86 valence electrons. The molecule has 0 bridgehead atoms. The molecule has 1 saturated heterocycles. The lowest BCUT2D eigenvalue weighted by atomic mass is 9.89. The molecular formula is C12H20O3. The number of carbonyl (C=O) groups excluding carboxylic acids is 2. The lowest BCUT2D eigenvalue weighted by Gasteiger charge is -2.18. The van der Waals surface area contributed by atoms with Crippen molar-refractivity contribution in [3.8, 4) is 0 Å². The summed E-state index contributed by atoms with van der Waals surface area (Å²) in [4.78, 5) is 22.8. The van der Waals surface area contributed by atoms with Gasteiger partial charge in [0, 0.05) is 6.42 Å². The van der Waals surface area contributed by atoms with E-state index in [4.69, 9.17) is 4.74 Å². The Hall–Kier alpha value is -0.860. The normalized spacial score (nSPS) is 30.3. The van der Waals surface area contributed by atoms with E-state index in [1.165, 1.54) is 6.92 Å². The first-order chi connectivity index (χ1) is 6.99. The van der Waals surface area contributed by atoms with Crippen LogP contribution in [0.4, 0.5) is 0 Å². The van der Waals surface area contributed by atoms with Crippen LogP contribution in [-0.4, -0.2) is 17.4 Å². The Labute approximate surface area is 91.2 Å². The first-order valence-corrected chi connectivity index (χ1v) is 5.73. The summed E-state index contributed by atoms with van der Waals surface area (Å²) < 4.78 is 5.17. The van der Waals surface area contributed by atoms with Crippen molar-refractivity contribution in [3.05, 3.63) is 0 Å². The summed E-state index contributed by atoms with van der Waals surface area (Å²) in [6, 6.07) is 0. The number of hydrogen-bond donors (Lipinski definition) is 0. The lowest BCUT2D eigenvalue weighted by molar-refractivity contribution is -0.156. The maximum atomic E-state index is 11.5. The lowest BCUT2D eigenvalue weighted by Crippen LogP contribution is -2.32. The van der Waals surface area contributed by atoms with Gasteiger partial charge in [-0.2, -0.15) is 0 Å². The molecule has 3 nitrogen and oxygen atoms in total. The summed E-state index contributed by atoms with van der Waals surface area (Å²) in [5, 5.41) is 0. The molecule has 15 heavy (non-hydrogen) atoms. The summed E-state index contributed by atoms with van der Waals surface area (Å²) >= 11 is 0. The van der Waals surface area contributed by atoms with Crippen molar-refractivity contribution in [1.82, 2.24) is 0 Å². The Bertz CT molecular complexity index is 260. The highest BCUT2D eigenvalue weighted by Gasteiger charge is 2.46. The van der Waals surface area contributed by atoms with Crippen molar-refractivity contribution >= 4 is 11.8 Å². The third kappa shape index (κ3) is 2.80. The summed E-state index contributed by atoms with van der Waals surface area (Å²) in [5.41, 5.74) is -0.853. The monoisotopic (exact) mass is 212 g/mol. The van der Waals surface area contributed by atoms with Crippen molar-refractivity contribution in [1.29, 1.82) is 0 Å². The van der Waals surface area contributed by atoms with Gasteiger partial charge >= 0.3 is 5.97 Å². The second kappa shape index (κ2) is 4.77. The maximum Gasteiger partial charge on any atom is 0.310 e. The van der Waals surface area contributed by atoms with Crippen LogP contribution in [-0.2, 0) is 14.3 Å². The Kier molecular flexibility index (Phi) is 3.89. The number of unbranched alkanes of at least 4 members (excludes halogenated alkanes) is 2. The molecule has 0 saturated carbocycles. The molecule has 1 heterocycles. The van der Waals surface area contributed by atoms with E-state index >= 15 is 0 Å². The van der Waals surface area contributed by atoms with Gasteiger partial charge in [0.1, 0.15) is 0 Å². The fraction of sp³-hybridized carbons (Fsp3) is 0.833. The zero-order valence-corrected chi connectivity index (χ0v) is 9.84. The van der Waals surface area contributed by atoms with Crippen LogP contribution in [0.3, 0.4) is 0 Å². The third-order valence-corrected chi connectivity index (χ3v) is 3.20. The summed E-state index contributed by atoms with van der Waals surface area (Å²) in [6.45, 7) is 5.33. The topological polar surface area (TPSA) is 43.4 Å². The fourth-order valence-electron chi connectivity index (χ4n) is 1.98. The largest absolute Gasteiger partial charge is 0.451 e. The molecule has 0 aromatic rings. The number of ketones is 1. The molecule has 2 atom stereocenters. The SMILES string of the molecule is CCCCCC1CC(C)(C(C)=O)OC1=O. The predicted octanol–water partition coefficient (Wildman–Crippen LogP) is 2.48. The maximum absolute atomic E-state index is 11.5. The van der Waals surface area contributed by atoms with E-state index in [1.54, 1.807) is 6.92 Å². The van der Waals surface area contributed by atoms with Crippen LogP contribution in [0.1, 0.15) is 52.9 Å². The van der Waals surface area contributed by atoms with E-state index in [2.05, 4.69) is 6.92 Å². The first kappa shape index (κ1) is 12.2. The minimum absolute atomic E-state index is 0.0474. The fourth-order valence-corrected chi connectivity index (χ4v) is 1.98. The second-order valence-electron chi connectivity index (χ2n) is 4.60. The minimum Gasteiger partial charge on any atom is -0.451 e. The number of Topliss-reactive ketones (excluding diaryl/α,β-unsaturated/α-hetero) is 1. The molecule has 3 heteroatoms. The van der Waals surface area contributed by atoms with Gasteiger partial charge in [-0.25, -0.2) is 0 Å². The van der Waals surface area contributed by atoms with Gasteiger partial charge in [-0.1, -0.05) is 26.2 Å². The van der Waals surface area contributed by atoms with Crippen LogP contribution in [0, 0.1) is 5.92 Å². The molecule has 0 amide bonds. The zero-order chi connectivity index (χ0) is 11.5. The van der Waals surface area contributed by atoms with Crippen LogP contribution in [0.5, 0.6) is 0 Å². The highest BCUT2D eigenvalue weighted by Crippen LogP contribution is 2.34. The summed E-state index contributed by atoms with van der Waals surface area (Å²) in [7, 11) is 0. The van der Waals surface area contributed by atoms with Crippen molar-refractivity contribution in [2.45, 2.75) is 58.5 Å². The number of cyclic esters (lactones) is 1.